The highest BCUT2D eigenvalue weighted by molar-refractivity contribution is 7.13. The van der Waals surface area contributed by atoms with Crippen LogP contribution in [0.3, 0.4) is 0 Å². The van der Waals surface area contributed by atoms with Crippen LogP contribution in [0.2, 0.25) is 0 Å². The monoisotopic (exact) mass is 626 g/mol. The van der Waals surface area contributed by atoms with Crippen molar-refractivity contribution in [3.63, 3.8) is 0 Å². The number of nitrogens with one attached hydrogen (secondary N) is 1. The zero-order valence-electron chi connectivity index (χ0n) is 26.8. The Morgan fingerprint density at radius 3 is 2.64 bits per heavy atom. The lowest BCUT2D eigenvalue weighted by atomic mass is 9.89. The maximum Gasteiger partial charge on any atom is 0.257 e. The molecule has 2 aliphatic carbocycles. The van der Waals surface area contributed by atoms with Gasteiger partial charge in [-0.25, -0.2) is 14.4 Å². The van der Waals surface area contributed by atoms with Crippen molar-refractivity contribution in [1.82, 2.24) is 19.7 Å². The standard InChI is InChI=1S/C34H37FN6OS.C2H6/c1-21-25(27-18-36-41(22(27)2)19-23-8-4-3-5-9-23)14-15-31(37-21)40-17-16-24-10-6-11-26(28(24)20-40)33(42)39-34-38-32-29(35)12-7-13-30(32)43-34;1-2/h6,10-11,13-15,18,23H,3-5,7-9,12,16-17,19-20H2,1-2H3,(H,38,39,42);1-2H3. The average molecular weight is 627 g/mol. The number of hydrogen-bond donors (Lipinski definition) is 1. The zero-order valence-corrected chi connectivity index (χ0v) is 27.6. The van der Waals surface area contributed by atoms with E-state index in [1.165, 1.54) is 54.7 Å². The van der Waals surface area contributed by atoms with Crippen LogP contribution in [-0.4, -0.2) is 32.2 Å². The molecule has 4 heterocycles. The molecule has 1 N–H and O–H groups in total. The van der Waals surface area contributed by atoms with E-state index in [0.717, 1.165) is 58.2 Å². The van der Waals surface area contributed by atoms with Gasteiger partial charge in [-0.05, 0) is 74.8 Å². The fraction of sp³-hybridized carbons (Fsp3) is 0.444. The first-order valence-electron chi connectivity index (χ1n) is 16.5. The number of halogens is 1. The average Bonchev–Trinajstić information content (AvgIpc) is 3.65. The molecule has 1 amide bonds. The Labute approximate surface area is 268 Å². The van der Waals surface area contributed by atoms with E-state index in [1.807, 2.05) is 38.3 Å². The second-order valence-electron chi connectivity index (χ2n) is 12.1. The van der Waals surface area contributed by atoms with Crippen molar-refractivity contribution in [3.8, 4) is 11.1 Å². The number of hydrogen-bond acceptors (Lipinski definition) is 6. The Bertz CT molecular complexity index is 1820. The number of amides is 1. The van der Waals surface area contributed by atoms with E-state index in [1.54, 1.807) is 0 Å². The van der Waals surface area contributed by atoms with Gasteiger partial charge in [0.05, 0.1) is 10.7 Å². The SMILES string of the molecule is CC.Cc1nc(N2CCc3cccc(C(=O)Nc4nc5c(s4)=CCCC=5F)c3C2)ccc1-c1cnn(CC2CCCCC2)c1C. The molecule has 1 fully saturated rings. The van der Waals surface area contributed by atoms with E-state index in [0.29, 0.717) is 35.4 Å². The van der Waals surface area contributed by atoms with E-state index in [4.69, 9.17) is 10.1 Å². The Hall–Kier alpha value is -3.85. The molecule has 0 atom stereocenters. The summed E-state index contributed by atoms with van der Waals surface area (Å²) >= 11 is 1.32. The number of benzene rings is 1. The molecule has 0 radical (unpaired) electrons. The fourth-order valence-corrected chi connectivity index (χ4v) is 7.78. The predicted molar refractivity (Wildman–Crippen MR) is 182 cm³/mol. The summed E-state index contributed by atoms with van der Waals surface area (Å²) in [5, 5.41) is 8.49. The number of thiazole rings is 1. The molecular weight excluding hydrogens is 584 g/mol. The molecule has 45 heavy (non-hydrogen) atoms. The summed E-state index contributed by atoms with van der Waals surface area (Å²) in [6.45, 7) is 10.7. The van der Waals surface area contributed by atoms with Gasteiger partial charge in [0.2, 0.25) is 0 Å². The van der Waals surface area contributed by atoms with Crippen LogP contribution in [0.25, 0.3) is 23.0 Å². The highest BCUT2D eigenvalue weighted by Gasteiger charge is 2.25. The van der Waals surface area contributed by atoms with Gasteiger partial charge in [-0.2, -0.15) is 5.10 Å². The fourth-order valence-electron chi connectivity index (χ4n) is 6.84. The van der Waals surface area contributed by atoms with Crippen molar-refractivity contribution < 1.29 is 9.18 Å². The van der Waals surface area contributed by atoms with Gasteiger partial charge in [0.25, 0.3) is 5.91 Å². The van der Waals surface area contributed by atoms with Crippen LogP contribution in [0.5, 0.6) is 0 Å². The molecule has 0 saturated heterocycles. The summed E-state index contributed by atoms with van der Waals surface area (Å²) in [6.07, 6.45) is 12.5. The zero-order chi connectivity index (χ0) is 31.5. The highest BCUT2D eigenvalue weighted by atomic mass is 32.1. The Morgan fingerprint density at radius 2 is 1.87 bits per heavy atom. The van der Waals surface area contributed by atoms with Gasteiger partial charge >= 0.3 is 0 Å². The van der Waals surface area contributed by atoms with E-state index in [2.05, 4.69) is 51.9 Å². The molecule has 1 saturated carbocycles. The minimum absolute atomic E-state index is 0.209. The number of rotatable bonds is 6. The van der Waals surface area contributed by atoms with Gasteiger partial charge in [0, 0.05) is 54.1 Å². The third kappa shape index (κ3) is 6.45. The topological polar surface area (TPSA) is 75.9 Å². The van der Waals surface area contributed by atoms with Crippen LogP contribution < -0.4 is 20.1 Å². The van der Waals surface area contributed by atoms with E-state index in [9.17, 15) is 9.18 Å². The number of pyridine rings is 1. The number of aromatic nitrogens is 4. The summed E-state index contributed by atoms with van der Waals surface area (Å²) < 4.78 is 17.2. The maximum absolute atomic E-state index is 14.2. The van der Waals surface area contributed by atoms with Crippen molar-refractivity contribution in [2.24, 2.45) is 5.92 Å². The largest absolute Gasteiger partial charge is 0.352 e. The molecule has 7 nitrogen and oxygen atoms in total. The smallest absolute Gasteiger partial charge is 0.257 e. The first kappa shape index (κ1) is 31.1. The molecule has 1 aliphatic heterocycles. The number of fused-ring (bicyclic) bond motifs is 2. The molecule has 1 aromatic carbocycles. The number of aryl methyl sites for hydroxylation is 1. The quantitative estimate of drug-likeness (QED) is 0.247. The summed E-state index contributed by atoms with van der Waals surface area (Å²) in [6, 6.07) is 10.2. The molecule has 0 bridgehead atoms. The van der Waals surface area contributed by atoms with Crippen LogP contribution in [0, 0.1) is 19.8 Å². The highest BCUT2D eigenvalue weighted by Crippen LogP contribution is 2.32. The van der Waals surface area contributed by atoms with Crippen molar-refractivity contribution in [2.75, 3.05) is 16.8 Å². The van der Waals surface area contributed by atoms with E-state index < -0.39 is 0 Å². The van der Waals surface area contributed by atoms with Crippen molar-refractivity contribution in [3.05, 3.63) is 74.5 Å². The van der Waals surface area contributed by atoms with Gasteiger partial charge in [-0.3, -0.25) is 14.8 Å². The Morgan fingerprint density at radius 1 is 1.04 bits per heavy atom. The second-order valence-corrected chi connectivity index (χ2v) is 13.1. The lowest BCUT2D eigenvalue weighted by Gasteiger charge is -2.31. The third-order valence-corrected chi connectivity index (χ3v) is 10.3. The van der Waals surface area contributed by atoms with Crippen LogP contribution in [0.1, 0.15) is 91.7 Å². The molecule has 3 aromatic heterocycles. The van der Waals surface area contributed by atoms with Crippen LogP contribution in [0.4, 0.5) is 15.3 Å². The third-order valence-electron chi connectivity index (χ3n) is 9.29. The van der Waals surface area contributed by atoms with Gasteiger partial charge in [0.15, 0.2) is 5.13 Å². The normalized spacial score (nSPS) is 16.3. The minimum atomic E-state index is -0.217. The van der Waals surface area contributed by atoms with Gasteiger partial charge in [-0.15, -0.1) is 0 Å². The molecule has 3 aliphatic rings. The Kier molecular flexibility index (Phi) is 9.45. The van der Waals surface area contributed by atoms with E-state index >= 15 is 0 Å². The number of carbonyl (C=O) groups excluding carboxylic acids is 1. The summed E-state index contributed by atoms with van der Waals surface area (Å²) in [4.78, 5) is 25.1. The second kappa shape index (κ2) is 13.6. The summed E-state index contributed by atoms with van der Waals surface area (Å²) in [5.41, 5.74) is 7.23. The predicted octanol–water partition coefficient (Wildman–Crippen LogP) is 7.09. The summed E-state index contributed by atoms with van der Waals surface area (Å²) in [5.74, 6) is 1.20. The van der Waals surface area contributed by atoms with Crippen LogP contribution in [0.15, 0.2) is 36.5 Å². The van der Waals surface area contributed by atoms with Gasteiger partial charge < -0.3 is 4.90 Å². The number of anilines is 2. The molecule has 236 valence electrons. The number of nitrogens with zero attached hydrogens (tertiary/aromatic N) is 5. The Balaban J connectivity index is 0.00000175. The number of carbonyl (C=O) groups is 1. The van der Waals surface area contributed by atoms with Crippen molar-refractivity contribution >= 4 is 40.1 Å². The molecule has 4 aromatic rings. The molecule has 0 spiro atoms. The lowest BCUT2D eigenvalue weighted by molar-refractivity contribution is 0.102. The van der Waals surface area contributed by atoms with Gasteiger partial charge in [0.1, 0.15) is 17.0 Å². The van der Waals surface area contributed by atoms with Crippen LogP contribution >= 0.6 is 11.3 Å². The van der Waals surface area contributed by atoms with Crippen LogP contribution in [-0.2, 0) is 19.5 Å². The molecule has 9 heteroatoms. The maximum atomic E-state index is 14.2. The molecule has 0 unspecified atom stereocenters. The lowest BCUT2D eigenvalue weighted by Crippen LogP contribution is -2.33. The van der Waals surface area contributed by atoms with Gasteiger partial charge in [-0.1, -0.05) is 62.7 Å². The molecular formula is C36H43FN6OS. The first-order chi connectivity index (χ1) is 21.9. The first-order valence-corrected chi connectivity index (χ1v) is 17.3. The minimum Gasteiger partial charge on any atom is -0.352 e. The summed E-state index contributed by atoms with van der Waals surface area (Å²) in [7, 11) is 0. The van der Waals surface area contributed by atoms with E-state index in [-0.39, 0.29) is 11.7 Å². The van der Waals surface area contributed by atoms with Crippen molar-refractivity contribution in [2.45, 2.75) is 92.2 Å². The molecule has 7 rings (SSSR count). The van der Waals surface area contributed by atoms with Crippen molar-refractivity contribution in [1.29, 1.82) is 0 Å².